The van der Waals surface area contributed by atoms with Gasteiger partial charge in [0.1, 0.15) is 0 Å². The van der Waals surface area contributed by atoms with E-state index in [4.69, 9.17) is 0 Å². The molecule has 1 atom stereocenters. The Morgan fingerprint density at radius 2 is 2.20 bits per heavy atom. The van der Waals surface area contributed by atoms with E-state index in [1.54, 1.807) is 4.57 Å². The molecule has 1 aromatic heterocycles. The zero-order chi connectivity index (χ0) is 17.4. The van der Waals surface area contributed by atoms with Gasteiger partial charge in [-0.3, -0.25) is 4.79 Å². The lowest BCUT2D eigenvalue weighted by Crippen LogP contribution is -2.40. The summed E-state index contributed by atoms with van der Waals surface area (Å²) in [4.78, 5) is 26.3. The number of fused-ring (bicyclic) bond motifs is 2. The molecule has 0 radical (unpaired) electrons. The van der Waals surface area contributed by atoms with Crippen molar-refractivity contribution in [3.8, 4) is 0 Å². The number of aromatic nitrogens is 3. The van der Waals surface area contributed by atoms with Crippen LogP contribution in [0.2, 0.25) is 0 Å². The first-order valence-electron chi connectivity index (χ1n) is 8.51. The first-order valence-corrected chi connectivity index (χ1v) is 8.51. The predicted octanol–water partition coefficient (Wildman–Crippen LogP) is 1.20. The van der Waals surface area contributed by atoms with Gasteiger partial charge in [0, 0.05) is 19.6 Å². The van der Waals surface area contributed by atoms with E-state index in [0.717, 1.165) is 6.42 Å². The molecule has 0 fully saturated rings. The van der Waals surface area contributed by atoms with Gasteiger partial charge in [-0.05, 0) is 17.5 Å². The van der Waals surface area contributed by atoms with Gasteiger partial charge in [-0.25, -0.2) is 4.79 Å². The van der Waals surface area contributed by atoms with E-state index in [-0.39, 0.29) is 24.5 Å². The van der Waals surface area contributed by atoms with Crippen molar-refractivity contribution >= 4 is 11.9 Å². The highest BCUT2D eigenvalue weighted by Crippen LogP contribution is 2.35. The van der Waals surface area contributed by atoms with Gasteiger partial charge in [-0.15, -0.1) is 10.2 Å². The molecule has 25 heavy (non-hydrogen) atoms. The number of urea groups is 1. The lowest BCUT2D eigenvalue weighted by atomic mass is 10.0. The largest absolute Gasteiger partial charge is 0.348 e. The number of hydrogen-bond donors (Lipinski definition) is 2. The van der Waals surface area contributed by atoms with Gasteiger partial charge in [0.25, 0.3) is 5.91 Å². The molecule has 130 valence electrons. The summed E-state index contributed by atoms with van der Waals surface area (Å²) in [5.74, 6) is 0.677. The molecule has 3 amide bonds. The third-order valence-electron chi connectivity index (χ3n) is 4.83. The SMILES string of the molecule is CCC1c2ccccc2CN1C(=O)NCc1nnc2n1CCNC2=O. The second kappa shape index (κ2) is 6.19. The molecule has 3 heterocycles. The number of hydrogen-bond acceptors (Lipinski definition) is 4. The van der Waals surface area contributed by atoms with Crippen molar-refractivity contribution < 1.29 is 9.59 Å². The van der Waals surface area contributed by atoms with Gasteiger partial charge >= 0.3 is 6.03 Å². The van der Waals surface area contributed by atoms with E-state index in [2.05, 4.69) is 39.9 Å². The molecule has 1 aromatic carbocycles. The summed E-state index contributed by atoms with van der Waals surface area (Å²) >= 11 is 0. The summed E-state index contributed by atoms with van der Waals surface area (Å²) in [6.45, 7) is 4.11. The molecular formula is C17H20N6O2. The molecule has 2 aromatic rings. The van der Waals surface area contributed by atoms with Gasteiger partial charge in [-0.2, -0.15) is 0 Å². The molecule has 2 aliphatic rings. The first-order chi connectivity index (χ1) is 12.2. The summed E-state index contributed by atoms with van der Waals surface area (Å²) in [6.07, 6.45) is 0.866. The quantitative estimate of drug-likeness (QED) is 0.878. The van der Waals surface area contributed by atoms with Gasteiger partial charge < -0.3 is 20.1 Å². The zero-order valence-electron chi connectivity index (χ0n) is 14.0. The van der Waals surface area contributed by atoms with E-state index in [1.807, 2.05) is 17.0 Å². The third-order valence-corrected chi connectivity index (χ3v) is 4.83. The van der Waals surface area contributed by atoms with Gasteiger partial charge in [-0.1, -0.05) is 31.2 Å². The maximum atomic E-state index is 12.7. The molecule has 0 spiro atoms. The number of nitrogens with zero attached hydrogens (tertiary/aromatic N) is 4. The summed E-state index contributed by atoms with van der Waals surface area (Å²) in [6, 6.07) is 8.13. The molecule has 0 saturated carbocycles. The number of carbonyl (C=O) groups excluding carboxylic acids is 2. The minimum absolute atomic E-state index is 0.0919. The van der Waals surface area contributed by atoms with Gasteiger partial charge in [0.05, 0.1) is 12.6 Å². The highest BCUT2D eigenvalue weighted by atomic mass is 16.2. The minimum atomic E-state index is -0.225. The van der Waals surface area contributed by atoms with Crippen molar-refractivity contribution in [3.05, 3.63) is 47.0 Å². The van der Waals surface area contributed by atoms with Crippen molar-refractivity contribution in [3.63, 3.8) is 0 Å². The number of rotatable bonds is 3. The normalized spacial score (nSPS) is 18.5. The van der Waals surface area contributed by atoms with E-state index in [0.29, 0.717) is 31.3 Å². The zero-order valence-corrected chi connectivity index (χ0v) is 14.0. The van der Waals surface area contributed by atoms with Crippen molar-refractivity contribution in [2.24, 2.45) is 0 Å². The van der Waals surface area contributed by atoms with Crippen molar-refractivity contribution in [1.29, 1.82) is 0 Å². The van der Waals surface area contributed by atoms with Gasteiger partial charge in [0.15, 0.2) is 5.82 Å². The van der Waals surface area contributed by atoms with Crippen LogP contribution in [-0.4, -0.2) is 38.1 Å². The van der Waals surface area contributed by atoms with Crippen LogP contribution in [-0.2, 0) is 19.6 Å². The second-order valence-electron chi connectivity index (χ2n) is 6.26. The topological polar surface area (TPSA) is 92.2 Å². The first kappa shape index (κ1) is 15.6. The van der Waals surface area contributed by atoms with Crippen LogP contribution >= 0.6 is 0 Å². The predicted molar refractivity (Wildman–Crippen MR) is 89.6 cm³/mol. The summed E-state index contributed by atoms with van der Waals surface area (Å²) in [5.41, 5.74) is 2.41. The molecular weight excluding hydrogens is 320 g/mol. The lowest BCUT2D eigenvalue weighted by Gasteiger charge is -2.24. The molecule has 4 rings (SSSR count). The van der Waals surface area contributed by atoms with Gasteiger partial charge in [0.2, 0.25) is 5.82 Å². The van der Waals surface area contributed by atoms with E-state index in [1.165, 1.54) is 11.1 Å². The Labute approximate surface area is 145 Å². The van der Waals surface area contributed by atoms with Crippen molar-refractivity contribution in [2.75, 3.05) is 6.54 Å². The standard InChI is InChI=1S/C17H20N6O2/c1-2-13-12-6-4-3-5-11(12)10-23(13)17(25)19-9-14-20-21-15-16(24)18-7-8-22(14)15/h3-6,13H,2,7-10H2,1H3,(H,18,24)(H,19,25). The van der Waals surface area contributed by atoms with Crippen LogP contribution in [0.1, 0.15) is 47.0 Å². The highest BCUT2D eigenvalue weighted by molar-refractivity contribution is 5.91. The lowest BCUT2D eigenvalue weighted by molar-refractivity contribution is 0.0921. The molecule has 0 aliphatic carbocycles. The Morgan fingerprint density at radius 3 is 3.04 bits per heavy atom. The van der Waals surface area contributed by atoms with Crippen LogP contribution in [0.5, 0.6) is 0 Å². The van der Waals surface area contributed by atoms with Crippen LogP contribution in [0, 0.1) is 0 Å². The number of amides is 3. The summed E-state index contributed by atoms with van der Waals surface area (Å²) < 4.78 is 1.76. The van der Waals surface area contributed by atoms with E-state index < -0.39 is 0 Å². The monoisotopic (exact) mass is 340 g/mol. The molecule has 8 nitrogen and oxygen atoms in total. The number of carbonyl (C=O) groups is 2. The Hall–Kier alpha value is -2.90. The molecule has 0 bridgehead atoms. The Kier molecular flexibility index (Phi) is 3.87. The highest BCUT2D eigenvalue weighted by Gasteiger charge is 2.32. The molecule has 1 unspecified atom stereocenters. The number of nitrogens with one attached hydrogen (secondary N) is 2. The third kappa shape index (κ3) is 2.63. The fraction of sp³-hybridized carbons (Fsp3) is 0.412. The number of benzene rings is 1. The maximum absolute atomic E-state index is 12.7. The fourth-order valence-electron chi connectivity index (χ4n) is 3.60. The molecule has 2 aliphatic heterocycles. The Bertz CT molecular complexity index is 830. The van der Waals surface area contributed by atoms with Crippen molar-refractivity contribution in [1.82, 2.24) is 30.3 Å². The molecule has 0 saturated heterocycles. The summed E-state index contributed by atoms with van der Waals surface area (Å²) in [5, 5.41) is 13.6. The minimum Gasteiger partial charge on any atom is -0.348 e. The van der Waals surface area contributed by atoms with Crippen LogP contribution in [0.15, 0.2) is 24.3 Å². The molecule has 2 N–H and O–H groups in total. The molecule has 8 heteroatoms. The fourth-order valence-corrected chi connectivity index (χ4v) is 3.60. The van der Waals surface area contributed by atoms with Crippen LogP contribution in [0.3, 0.4) is 0 Å². The van der Waals surface area contributed by atoms with Crippen LogP contribution in [0.25, 0.3) is 0 Å². The summed E-state index contributed by atoms with van der Waals surface area (Å²) in [7, 11) is 0. The Balaban J connectivity index is 1.46. The second-order valence-corrected chi connectivity index (χ2v) is 6.26. The smallest absolute Gasteiger partial charge is 0.318 e. The van der Waals surface area contributed by atoms with Crippen LogP contribution < -0.4 is 10.6 Å². The average Bonchev–Trinajstić information content (AvgIpc) is 3.21. The Morgan fingerprint density at radius 1 is 1.36 bits per heavy atom. The van der Waals surface area contributed by atoms with E-state index >= 15 is 0 Å². The van der Waals surface area contributed by atoms with Crippen molar-refractivity contribution in [2.45, 2.75) is 39.0 Å². The average molecular weight is 340 g/mol. The van der Waals surface area contributed by atoms with Crippen LogP contribution in [0.4, 0.5) is 4.79 Å². The maximum Gasteiger partial charge on any atom is 0.318 e. The van der Waals surface area contributed by atoms with E-state index in [9.17, 15) is 9.59 Å².